The maximum Gasteiger partial charge on any atom is 0.308 e. The van der Waals surface area contributed by atoms with Crippen LogP contribution in [0, 0.1) is 5.92 Å². The number of carbonyl (C=O) groups excluding carboxylic acids is 2. The molecular formula is C10H17NO3. The summed E-state index contributed by atoms with van der Waals surface area (Å²) in [6, 6.07) is 0. The quantitative estimate of drug-likeness (QED) is 0.486. The number of hydrogen-bond acceptors (Lipinski definition) is 4. The van der Waals surface area contributed by atoms with Gasteiger partial charge in [0.15, 0.2) is 5.78 Å². The minimum atomic E-state index is -0.413. The van der Waals surface area contributed by atoms with E-state index in [0.717, 1.165) is 0 Å². The van der Waals surface area contributed by atoms with Crippen LogP contribution in [0.25, 0.3) is 0 Å². The molecular weight excluding hydrogens is 182 g/mol. The summed E-state index contributed by atoms with van der Waals surface area (Å²) in [5.74, 6) is -0.915. The van der Waals surface area contributed by atoms with Gasteiger partial charge < -0.3 is 9.64 Å². The Balaban J connectivity index is 4.20. The number of ether oxygens (including phenoxy) is 1. The maximum absolute atomic E-state index is 11.5. The molecule has 0 aliphatic carbocycles. The molecule has 0 aromatic rings. The molecule has 4 nitrogen and oxygen atoms in total. The zero-order valence-corrected chi connectivity index (χ0v) is 9.16. The molecule has 0 spiro atoms. The molecule has 0 rings (SSSR count). The third-order valence-electron chi connectivity index (χ3n) is 1.96. The summed E-state index contributed by atoms with van der Waals surface area (Å²) in [6.45, 7) is 5.28. The van der Waals surface area contributed by atoms with E-state index in [4.69, 9.17) is 0 Å². The predicted octanol–water partition coefficient (Wildman–Crippen LogP) is 0.830. The van der Waals surface area contributed by atoms with E-state index in [9.17, 15) is 9.59 Å². The van der Waals surface area contributed by atoms with Gasteiger partial charge in [-0.3, -0.25) is 9.59 Å². The summed E-state index contributed by atoms with van der Waals surface area (Å²) in [4.78, 5) is 24.1. The minimum absolute atomic E-state index is 0.132. The van der Waals surface area contributed by atoms with E-state index in [1.165, 1.54) is 7.11 Å². The predicted molar refractivity (Wildman–Crippen MR) is 53.6 cm³/mol. The number of Topliss-reactive ketones (excluding diaryl/α,β-unsaturated/α-hetero) is 1. The number of esters is 1. The van der Waals surface area contributed by atoms with Gasteiger partial charge in [-0.1, -0.05) is 13.5 Å². The lowest BCUT2D eigenvalue weighted by atomic mass is 10.0. The summed E-state index contributed by atoms with van der Waals surface area (Å²) in [7, 11) is 4.79. The number of hydrogen-bond donors (Lipinski definition) is 0. The van der Waals surface area contributed by atoms with E-state index in [2.05, 4.69) is 11.3 Å². The number of rotatable bonds is 5. The number of methoxy groups -OCH3 is 1. The Bertz CT molecular complexity index is 246. The summed E-state index contributed by atoms with van der Waals surface area (Å²) >= 11 is 0. The molecule has 80 valence electrons. The van der Waals surface area contributed by atoms with E-state index in [1.54, 1.807) is 25.9 Å². The van der Waals surface area contributed by atoms with Crippen LogP contribution in [0.15, 0.2) is 12.3 Å². The topological polar surface area (TPSA) is 46.6 Å². The highest BCUT2D eigenvalue weighted by Gasteiger charge is 2.19. The minimum Gasteiger partial charge on any atom is -0.469 e. The highest BCUT2D eigenvalue weighted by atomic mass is 16.5. The third-order valence-corrected chi connectivity index (χ3v) is 1.96. The third kappa shape index (κ3) is 3.60. The smallest absolute Gasteiger partial charge is 0.308 e. The number of carbonyl (C=O) groups is 2. The van der Waals surface area contributed by atoms with Gasteiger partial charge in [-0.25, -0.2) is 0 Å². The van der Waals surface area contributed by atoms with Gasteiger partial charge >= 0.3 is 5.97 Å². The average Bonchev–Trinajstić information content (AvgIpc) is 2.14. The van der Waals surface area contributed by atoms with Gasteiger partial charge in [0.2, 0.25) is 0 Å². The Morgan fingerprint density at radius 3 is 2.29 bits per heavy atom. The lowest BCUT2D eigenvalue weighted by Crippen LogP contribution is -2.23. The summed E-state index contributed by atoms with van der Waals surface area (Å²) < 4.78 is 4.52. The monoisotopic (exact) mass is 199 g/mol. The van der Waals surface area contributed by atoms with Crippen LogP contribution in [0.4, 0.5) is 0 Å². The Kier molecular flexibility index (Phi) is 4.91. The Labute approximate surface area is 84.5 Å². The van der Waals surface area contributed by atoms with Crippen molar-refractivity contribution in [2.75, 3.05) is 21.2 Å². The molecule has 1 atom stereocenters. The number of nitrogens with zero attached hydrogens (tertiary/aromatic N) is 1. The zero-order chi connectivity index (χ0) is 11.3. The first-order valence-corrected chi connectivity index (χ1v) is 4.37. The van der Waals surface area contributed by atoms with Crippen LogP contribution in [0.2, 0.25) is 0 Å². The van der Waals surface area contributed by atoms with E-state index in [-0.39, 0.29) is 18.2 Å². The summed E-state index contributed by atoms with van der Waals surface area (Å²) in [6.07, 6.45) is 0.143. The molecule has 0 unspecified atom stereocenters. The first-order chi connectivity index (χ1) is 6.40. The zero-order valence-electron chi connectivity index (χ0n) is 9.16. The van der Waals surface area contributed by atoms with Crippen molar-refractivity contribution >= 4 is 11.8 Å². The van der Waals surface area contributed by atoms with Gasteiger partial charge in [0.1, 0.15) is 0 Å². The van der Waals surface area contributed by atoms with Crippen LogP contribution in [0.3, 0.4) is 0 Å². The fraction of sp³-hybridized carbons (Fsp3) is 0.600. The van der Waals surface area contributed by atoms with Crippen LogP contribution in [-0.2, 0) is 14.3 Å². The SMILES string of the molecule is C=C(C(=O)C[C@@H](C)C(=O)OC)N(C)C. The second-order valence-corrected chi connectivity index (χ2v) is 3.39. The van der Waals surface area contributed by atoms with E-state index in [0.29, 0.717) is 5.70 Å². The molecule has 0 aliphatic heterocycles. The van der Waals surface area contributed by atoms with Crippen LogP contribution in [0.5, 0.6) is 0 Å². The van der Waals surface area contributed by atoms with Crippen molar-refractivity contribution in [2.45, 2.75) is 13.3 Å². The van der Waals surface area contributed by atoms with Gasteiger partial charge in [-0.2, -0.15) is 0 Å². The van der Waals surface area contributed by atoms with Crippen LogP contribution in [-0.4, -0.2) is 37.9 Å². The molecule has 0 fully saturated rings. The molecule has 0 radical (unpaired) electrons. The lowest BCUT2D eigenvalue weighted by Gasteiger charge is -2.15. The van der Waals surface area contributed by atoms with Crippen LogP contribution < -0.4 is 0 Å². The number of ketones is 1. The molecule has 0 heterocycles. The summed E-state index contributed by atoms with van der Waals surface area (Å²) in [5, 5.41) is 0. The largest absolute Gasteiger partial charge is 0.469 e. The van der Waals surface area contributed by atoms with Gasteiger partial charge in [0, 0.05) is 20.5 Å². The Hall–Kier alpha value is -1.32. The van der Waals surface area contributed by atoms with Gasteiger partial charge in [-0.15, -0.1) is 0 Å². The fourth-order valence-corrected chi connectivity index (χ4v) is 0.930. The number of likely N-dealkylation sites (N-methyl/N-ethyl adjacent to an activating group) is 1. The first-order valence-electron chi connectivity index (χ1n) is 4.37. The van der Waals surface area contributed by atoms with E-state index < -0.39 is 5.92 Å². The molecule has 0 bridgehead atoms. The molecule has 0 aromatic heterocycles. The van der Waals surface area contributed by atoms with Crippen molar-refractivity contribution < 1.29 is 14.3 Å². The van der Waals surface area contributed by atoms with Crippen molar-refractivity contribution in [3.63, 3.8) is 0 Å². The Morgan fingerprint density at radius 1 is 1.43 bits per heavy atom. The first kappa shape index (κ1) is 12.7. The van der Waals surface area contributed by atoms with Crippen molar-refractivity contribution in [3.8, 4) is 0 Å². The van der Waals surface area contributed by atoms with Crippen LogP contribution >= 0.6 is 0 Å². The molecule has 0 aromatic carbocycles. The van der Waals surface area contributed by atoms with Crippen molar-refractivity contribution in [2.24, 2.45) is 5.92 Å². The highest BCUT2D eigenvalue weighted by Crippen LogP contribution is 2.09. The van der Waals surface area contributed by atoms with Gasteiger partial charge in [-0.05, 0) is 0 Å². The summed E-state index contributed by atoms with van der Waals surface area (Å²) in [5.41, 5.74) is 0.403. The van der Waals surface area contributed by atoms with Gasteiger partial charge in [0.25, 0.3) is 0 Å². The lowest BCUT2D eigenvalue weighted by molar-refractivity contribution is -0.146. The maximum atomic E-state index is 11.5. The van der Waals surface area contributed by atoms with E-state index in [1.807, 2.05) is 0 Å². The fourth-order valence-electron chi connectivity index (χ4n) is 0.930. The number of allylic oxidation sites excluding steroid dienone is 1. The molecule has 0 aliphatic rings. The van der Waals surface area contributed by atoms with Crippen LogP contribution in [0.1, 0.15) is 13.3 Å². The van der Waals surface area contributed by atoms with Crippen molar-refractivity contribution in [1.29, 1.82) is 0 Å². The highest BCUT2D eigenvalue weighted by molar-refractivity contribution is 5.96. The molecule has 14 heavy (non-hydrogen) atoms. The molecule has 0 amide bonds. The second-order valence-electron chi connectivity index (χ2n) is 3.39. The second kappa shape index (κ2) is 5.42. The van der Waals surface area contributed by atoms with Crippen molar-refractivity contribution in [1.82, 2.24) is 4.90 Å². The molecule has 0 saturated heterocycles. The molecule has 0 N–H and O–H groups in total. The Morgan fingerprint density at radius 2 is 1.93 bits per heavy atom. The van der Waals surface area contributed by atoms with E-state index >= 15 is 0 Å². The van der Waals surface area contributed by atoms with Crippen molar-refractivity contribution in [3.05, 3.63) is 12.3 Å². The standard InChI is InChI=1S/C10H17NO3/c1-7(10(13)14-5)6-9(12)8(2)11(3)4/h7H,2,6H2,1,3-5H3/t7-/m1/s1. The van der Waals surface area contributed by atoms with Gasteiger partial charge in [0.05, 0.1) is 18.7 Å². The normalized spacial score (nSPS) is 11.7. The molecule has 4 heteroatoms. The average molecular weight is 199 g/mol. The molecule has 0 saturated carbocycles.